The lowest BCUT2D eigenvalue weighted by molar-refractivity contribution is 0.0697. The van der Waals surface area contributed by atoms with E-state index in [1.165, 1.54) is 18.2 Å². The number of hydrogen-bond donors (Lipinski definition) is 1. The summed E-state index contributed by atoms with van der Waals surface area (Å²) in [6.07, 6.45) is 3.33. The van der Waals surface area contributed by atoms with Crippen LogP contribution in [-0.2, 0) is 0 Å². The lowest BCUT2D eigenvalue weighted by atomic mass is 10.1. The van der Waals surface area contributed by atoms with Crippen molar-refractivity contribution in [1.82, 2.24) is 0 Å². The van der Waals surface area contributed by atoms with E-state index < -0.39 is 11.4 Å². The quantitative estimate of drug-likeness (QED) is 0.643. The molecule has 0 fully saturated rings. The number of aromatic carboxylic acids is 1. The molecule has 0 saturated carbocycles. The lowest BCUT2D eigenvalue weighted by Crippen LogP contribution is -2.11. The molecule has 150 valence electrons. The van der Waals surface area contributed by atoms with Crippen molar-refractivity contribution in [3.63, 3.8) is 0 Å². The second-order valence-corrected chi connectivity index (χ2v) is 6.01. The standard InChI is InChI=1S/C22H20O7/c1-4-28-21-19(9-5-13-11-15(26-2)7-10-17(13)27-3)29-18-8-6-14(22(24)25)12-16(18)20(21)23/h5-12H,4H2,1-3H3,(H,24,25)/b9-5+. The summed E-state index contributed by atoms with van der Waals surface area (Å²) in [5.74, 6) is 0.377. The van der Waals surface area contributed by atoms with Gasteiger partial charge < -0.3 is 23.7 Å². The molecule has 1 heterocycles. The van der Waals surface area contributed by atoms with Crippen LogP contribution in [0.15, 0.2) is 45.6 Å². The van der Waals surface area contributed by atoms with Crippen LogP contribution in [0.4, 0.5) is 0 Å². The highest BCUT2D eigenvalue weighted by Gasteiger charge is 2.16. The van der Waals surface area contributed by atoms with Gasteiger partial charge in [-0.25, -0.2) is 4.79 Å². The smallest absolute Gasteiger partial charge is 0.335 e. The molecule has 0 saturated heterocycles. The first-order valence-electron chi connectivity index (χ1n) is 8.85. The first-order chi connectivity index (χ1) is 14.0. The summed E-state index contributed by atoms with van der Waals surface area (Å²) in [6, 6.07) is 9.45. The molecule has 0 bridgehead atoms. The fourth-order valence-electron chi connectivity index (χ4n) is 2.85. The molecule has 3 aromatic rings. The molecule has 0 aliphatic heterocycles. The van der Waals surface area contributed by atoms with Gasteiger partial charge in [0.2, 0.25) is 11.2 Å². The summed E-state index contributed by atoms with van der Waals surface area (Å²) >= 11 is 0. The fraction of sp³-hybridized carbons (Fsp3) is 0.182. The van der Waals surface area contributed by atoms with Crippen molar-refractivity contribution in [3.05, 3.63) is 63.5 Å². The zero-order chi connectivity index (χ0) is 21.0. The fourth-order valence-corrected chi connectivity index (χ4v) is 2.85. The number of methoxy groups -OCH3 is 2. The Morgan fingerprint density at radius 1 is 1.10 bits per heavy atom. The Labute approximate surface area is 166 Å². The minimum absolute atomic E-state index is 0.00309. The molecule has 0 aliphatic carbocycles. The van der Waals surface area contributed by atoms with E-state index in [-0.39, 0.29) is 34.6 Å². The molecule has 3 rings (SSSR count). The Morgan fingerprint density at radius 3 is 2.55 bits per heavy atom. The van der Waals surface area contributed by atoms with Gasteiger partial charge in [0.05, 0.1) is 31.8 Å². The molecular weight excluding hydrogens is 376 g/mol. The van der Waals surface area contributed by atoms with Crippen molar-refractivity contribution in [2.24, 2.45) is 0 Å². The van der Waals surface area contributed by atoms with E-state index >= 15 is 0 Å². The molecule has 1 aromatic heterocycles. The van der Waals surface area contributed by atoms with Gasteiger partial charge >= 0.3 is 5.97 Å². The second kappa shape index (κ2) is 8.52. The minimum atomic E-state index is -1.13. The third-order valence-electron chi connectivity index (χ3n) is 4.26. The highest BCUT2D eigenvalue weighted by Crippen LogP contribution is 2.28. The largest absolute Gasteiger partial charge is 0.497 e. The van der Waals surface area contributed by atoms with Gasteiger partial charge in [-0.3, -0.25) is 4.79 Å². The Balaban J connectivity index is 2.15. The minimum Gasteiger partial charge on any atom is -0.497 e. The van der Waals surface area contributed by atoms with Gasteiger partial charge in [-0.05, 0) is 55.5 Å². The molecule has 2 aromatic carbocycles. The Morgan fingerprint density at radius 2 is 1.90 bits per heavy atom. The number of carbonyl (C=O) groups is 1. The maximum atomic E-state index is 12.9. The molecule has 0 aliphatic rings. The molecule has 0 atom stereocenters. The molecule has 7 heteroatoms. The molecule has 0 radical (unpaired) electrons. The van der Waals surface area contributed by atoms with Crippen molar-refractivity contribution in [1.29, 1.82) is 0 Å². The van der Waals surface area contributed by atoms with Crippen LogP contribution < -0.4 is 19.6 Å². The van der Waals surface area contributed by atoms with Crippen molar-refractivity contribution >= 4 is 29.1 Å². The monoisotopic (exact) mass is 396 g/mol. The predicted molar refractivity (Wildman–Crippen MR) is 109 cm³/mol. The summed E-state index contributed by atoms with van der Waals surface area (Å²) in [6.45, 7) is 1.99. The number of rotatable bonds is 7. The summed E-state index contributed by atoms with van der Waals surface area (Å²) in [7, 11) is 3.12. The van der Waals surface area contributed by atoms with Crippen LogP contribution in [-0.4, -0.2) is 31.9 Å². The van der Waals surface area contributed by atoms with Gasteiger partial charge in [-0.2, -0.15) is 0 Å². The highest BCUT2D eigenvalue weighted by atomic mass is 16.5. The molecule has 0 spiro atoms. The summed E-state index contributed by atoms with van der Waals surface area (Å²) in [4.78, 5) is 24.1. The summed E-state index contributed by atoms with van der Waals surface area (Å²) in [5.41, 5.74) is 0.545. The van der Waals surface area contributed by atoms with Crippen molar-refractivity contribution in [2.45, 2.75) is 6.92 Å². The van der Waals surface area contributed by atoms with Crippen molar-refractivity contribution in [2.75, 3.05) is 20.8 Å². The normalized spacial score (nSPS) is 11.0. The Hall–Kier alpha value is -3.74. The maximum Gasteiger partial charge on any atom is 0.335 e. The lowest BCUT2D eigenvalue weighted by Gasteiger charge is -2.09. The van der Waals surface area contributed by atoms with Crippen molar-refractivity contribution < 1.29 is 28.5 Å². The van der Waals surface area contributed by atoms with Gasteiger partial charge in [0.25, 0.3) is 0 Å². The van der Waals surface area contributed by atoms with E-state index in [0.717, 1.165) is 5.56 Å². The number of hydrogen-bond acceptors (Lipinski definition) is 6. The van der Waals surface area contributed by atoms with Gasteiger partial charge in [0.15, 0.2) is 5.76 Å². The number of benzene rings is 2. The Kier molecular flexibility index (Phi) is 5.87. The zero-order valence-corrected chi connectivity index (χ0v) is 16.2. The number of carboxylic acid groups (broad SMARTS) is 1. The van der Waals surface area contributed by atoms with Gasteiger partial charge in [0.1, 0.15) is 17.1 Å². The first-order valence-corrected chi connectivity index (χ1v) is 8.85. The van der Waals surface area contributed by atoms with Gasteiger partial charge in [0, 0.05) is 5.56 Å². The molecule has 0 amide bonds. The Bertz CT molecular complexity index is 1140. The topological polar surface area (TPSA) is 95.2 Å². The molecule has 29 heavy (non-hydrogen) atoms. The molecule has 0 unspecified atom stereocenters. The van der Waals surface area contributed by atoms with Crippen LogP contribution in [0.1, 0.15) is 28.6 Å². The predicted octanol–water partition coefficient (Wildman–Crippen LogP) is 4.08. The summed E-state index contributed by atoms with van der Waals surface area (Å²) < 4.78 is 21.9. The van der Waals surface area contributed by atoms with Crippen LogP contribution in [0, 0.1) is 0 Å². The van der Waals surface area contributed by atoms with E-state index in [4.69, 9.17) is 23.7 Å². The molecular formula is C22H20O7. The van der Waals surface area contributed by atoms with E-state index in [1.54, 1.807) is 51.5 Å². The number of fused-ring (bicyclic) bond motifs is 1. The van der Waals surface area contributed by atoms with Crippen LogP contribution in [0.2, 0.25) is 0 Å². The highest BCUT2D eigenvalue weighted by molar-refractivity contribution is 5.93. The van der Waals surface area contributed by atoms with Crippen LogP contribution in [0.3, 0.4) is 0 Å². The number of ether oxygens (including phenoxy) is 3. The SMILES string of the molecule is CCOc1c(/C=C/c2cc(OC)ccc2OC)oc2ccc(C(=O)O)cc2c1=O. The molecule has 1 N–H and O–H groups in total. The van der Waals surface area contributed by atoms with Gasteiger partial charge in [-0.15, -0.1) is 0 Å². The average Bonchev–Trinajstić information content (AvgIpc) is 2.73. The van der Waals surface area contributed by atoms with Crippen LogP contribution >= 0.6 is 0 Å². The zero-order valence-electron chi connectivity index (χ0n) is 16.2. The summed E-state index contributed by atoms with van der Waals surface area (Å²) in [5, 5.41) is 9.31. The maximum absolute atomic E-state index is 12.9. The van der Waals surface area contributed by atoms with Crippen LogP contribution in [0.5, 0.6) is 17.2 Å². The second-order valence-electron chi connectivity index (χ2n) is 6.01. The third-order valence-corrected chi connectivity index (χ3v) is 4.26. The van der Waals surface area contributed by atoms with Gasteiger partial charge in [-0.1, -0.05) is 0 Å². The third kappa shape index (κ3) is 4.08. The van der Waals surface area contributed by atoms with E-state index in [0.29, 0.717) is 11.5 Å². The van der Waals surface area contributed by atoms with Crippen molar-refractivity contribution in [3.8, 4) is 17.2 Å². The van der Waals surface area contributed by atoms with E-state index in [1.807, 2.05) is 0 Å². The average molecular weight is 396 g/mol. The number of carboxylic acids is 1. The molecule has 7 nitrogen and oxygen atoms in total. The van der Waals surface area contributed by atoms with E-state index in [9.17, 15) is 9.59 Å². The van der Waals surface area contributed by atoms with Crippen LogP contribution in [0.25, 0.3) is 23.1 Å². The first kappa shape index (κ1) is 20.0. The van der Waals surface area contributed by atoms with E-state index in [2.05, 4.69) is 0 Å².